The van der Waals surface area contributed by atoms with E-state index in [0.717, 1.165) is 142 Å². The Labute approximate surface area is 390 Å². The number of ether oxygens (including phenoxy) is 6. The van der Waals surface area contributed by atoms with Crippen molar-refractivity contribution in [2.45, 2.75) is 151 Å². The highest BCUT2D eigenvalue weighted by Gasteiger charge is 2.13. The largest absolute Gasteiger partial charge is 0.381 e. The van der Waals surface area contributed by atoms with Gasteiger partial charge in [-0.2, -0.15) is 0 Å². The molecule has 7 aliphatic rings. The lowest BCUT2D eigenvalue weighted by atomic mass is 9.95. The van der Waals surface area contributed by atoms with Crippen molar-refractivity contribution in [2.24, 2.45) is 23.7 Å². The summed E-state index contributed by atoms with van der Waals surface area (Å²) in [4.78, 5) is 11.0. The fraction of sp³-hybridized carbons (Fsp3) is 0.906. The van der Waals surface area contributed by atoms with E-state index in [2.05, 4.69) is 68.3 Å². The maximum Gasteiger partial charge on any atom is 0.0594 e. The van der Waals surface area contributed by atoms with E-state index in [4.69, 9.17) is 28.4 Å². The molecule has 7 heterocycles. The Kier molecular flexibility index (Phi) is 42.4. The first-order valence-electron chi connectivity index (χ1n) is 26.3. The molecule has 0 N–H and O–H groups in total. The van der Waals surface area contributed by atoms with Crippen molar-refractivity contribution in [3.8, 4) is 0 Å². The molecule has 10 nitrogen and oxygen atoms in total. The van der Waals surface area contributed by atoms with Gasteiger partial charge in [0.1, 0.15) is 0 Å². The van der Waals surface area contributed by atoms with E-state index in [1.807, 2.05) is 19.1 Å². The van der Waals surface area contributed by atoms with Gasteiger partial charge in [-0.3, -0.25) is 14.8 Å². The summed E-state index contributed by atoms with van der Waals surface area (Å²) in [5.74, 6) is 3.89. The van der Waals surface area contributed by atoms with Crippen molar-refractivity contribution in [3.63, 3.8) is 0 Å². The molecule has 1 aromatic heterocycles. The van der Waals surface area contributed by atoms with Gasteiger partial charge in [0.2, 0.25) is 0 Å². The summed E-state index contributed by atoms with van der Waals surface area (Å²) in [5, 5.41) is 0. The molecule has 0 aromatic carbocycles. The fourth-order valence-corrected chi connectivity index (χ4v) is 7.97. The molecule has 8 rings (SSSR count). The van der Waals surface area contributed by atoms with Crippen LogP contribution in [0.15, 0.2) is 24.5 Å². The number of aryl methyl sites for hydroxylation is 1. The predicted molar refractivity (Wildman–Crippen MR) is 266 cm³/mol. The van der Waals surface area contributed by atoms with E-state index in [1.165, 1.54) is 121 Å². The standard InChI is InChI=1S/C8H17NO.C8H16O.C7H15NO.C7H14O.C6H7N.C6H12O.C6H12.C5H11NO/c1-2-3-4-9-5-7-10-8-6-9;2*1-2-3-8-4-6-9-7-5-8;1-2-7-3-5-8-6-4-7;2*1-6-2-4-7-5-3-6;1-6-4-2-3-5-6;1-6-2-4-7-5-3-6/h2-8H2,1H3;8H,2-7H2,1H3;2-7H2,1H3;7H,2-6H2,1H3;2-5H,1H3;6H,2-5H2,1H3;6H,2-5H2,1H3;2-5H2,1H3. The van der Waals surface area contributed by atoms with Gasteiger partial charge in [0.15, 0.2) is 0 Å². The molecule has 0 spiro atoms. The van der Waals surface area contributed by atoms with Crippen LogP contribution in [-0.4, -0.2) is 158 Å². The Hall–Kier alpha value is -1.21. The molecule has 0 unspecified atom stereocenters. The molecule has 7 fully saturated rings. The van der Waals surface area contributed by atoms with Gasteiger partial charge in [0.05, 0.1) is 39.6 Å². The summed E-state index contributed by atoms with van der Waals surface area (Å²) in [6.07, 6.45) is 25.2. The topological polar surface area (TPSA) is 78.0 Å². The second-order valence-electron chi connectivity index (χ2n) is 18.7. The molecule has 372 valence electrons. The quantitative estimate of drug-likeness (QED) is 0.252. The number of pyridine rings is 1. The third kappa shape index (κ3) is 38.6. The van der Waals surface area contributed by atoms with Crippen molar-refractivity contribution >= 4 is 0 Å². The molecule has 10 heteroatoms. The van der Waals surface area contributed by atoms with E-state index >= 15 is 0 Å². The van der Waals surface area contributed by atoms with Gasteiger partial charge >= 0.3 is 0 Å². The summed E-state index contributed by atoms with van der Waals surface area (Å²) < 4.78 is 31.1. The number of aromatic nitrogens is 1. The van der Waals surface area contributed by atoms with Crippen LogP contribution in [0.3, 0.4) is 0 Å². The number of likely N-dealkylation sites (N-methyl/N-ethyl adjacent to an activating group) is 1. The Morgan fingerprint density at radius 1 is 0.492 bits per heavy atom. The smallest absolute Gasteiger partial charge is 0.0594 e. The van der Waals surface area contributed by atoms with Crippen molar-refractivity contribution < 1.29 is 28.4 Å². The molecule has 6 saturated heterocycles. The number of hydrogen-bond acceptors (Lipinski definition) is 10. The molecule has 0 amide bonds. The van der Waals surface area contributed by atoms with Crippen molar-refractivity contribution in [1.82, 2.24) is 19.7 Å². The van der Waals surface area contributed by atoms with Crippen LogP contribution < -0.4 is 0 Å². The minimum atomic E-state index is 0.911. The lowest BCUT2D eigenvalue weighted by Crippen LogP contribution is -2.36. The first-order valence-corrected chi connectivity index (χ1v) is 26.3. The highest BCUT2D eigenvalue weighted by molar-refractivity contribution is 5.05. The number of nitrogens with zero attached hydrogens (tertiary/aromatic N) is 4. The number of rotatable bonds is 8. The van der Waals surface area contributed by atoms with Crippen LogP contribution in [0.5, 0.6) is 0 Å². The molecule has 0 atom stereocenters. The SMILES string of the molecule is CC1CCCC1.CC1CCOCC1.CCC1CCOCC1.CCCC1CCOCC1.CCCCN1CCOCC1.CCCN1CCOCC1.CN1CCOCC1.Cc1ccncc1. The maximum atomic E-state index is 5.25. The van der Waals surface area contributed by atoms with Crippen molar-refractivity contribution in [1.29, 1.82) is 0 Å². The second kappa shape index (κ2) is 44.6. The maximum absolute atomic E-state index is 5.25. The van der Waals surface area contributed by atoms with Crippen LogP contribution in [0.1, 0.15) is 150 Å². The van der Waals surface area contributed by atoms with Crippen LogP contribution in [0.4, 0.5) is 0 Å². The molecular weight excluding hydrogens is 789 g/mol. The highest BCUT2D eigenvalue weighted by atomic mass is 16.5. The van der Waals surface area contributed by atoms with Gasteiger partial charge in [-0.1, -0.05) is 92.9 Å². The predicted octanol–water partition coefficient (Wildman–Crippen LogP) is 10.9. The van der Waals surface area contributed by atoms with Gasteiger partial charge in [-0.25, -0.2) is 0 Å². The summed E-state index contributed by atoms with van der Waals surface area (Å²) in [6.45, 7) is 36.4. The van der Waals surface area contributed by atoms with Crippen LogP contribution in [0.2, 0.25) is 0 Å². The van der Waals surface area contributed by atoms with Gasteiger partial charge in [-0.15, -0.1) is 0 Å². The average molecular weight is 893 g/mol. The molecule has 0 bridgehead atoms. The Balaban J connectivity index is 0.000000362. The lowest BCUT2D eigenvalue weighted by molar-refractivity contribution is 0.0373. The van der Waals surface area contributed by atoms with Gasteiger partial charge in [0.25, 0.3) is 0 Å². The summed E-state index contributed by atoms with van der Waals surface area (Å²) >= 11 is 0. The molecule has 0 radical (unpaired) electrons. The second-order valence-corrected chi connectivity index (χ2v) is 18.7. The van der Waals surface area contributed by atoms with Gasteiger partial charge in [0, 0.05) is 91.3 Å². The molecule has 63 heavy (non-hydrogen) atoms. The molecule has 6 aliphatic heterocycles. The Morgan fingerprint density at radius 3 is 1.21 bits per heavy atom. The summed E-state index contributed by atoms with van der Waals surface area (Å²) in [6, 6.07) is 3.94. The molecule has 1 aromatic rings. The normalized spacial score (nSPS) is 21.8. The molecule has 1 saturated carbocycles. The van der Waals surface area contributed by atoms with Crippen LogP contribution >= 0.6 is 0 Å². The van der Waals surface area contributed by atoms with E-state index in [0.29, 0.717) is 0 Å². The van der Waals surface area contributed by atoms with Crippen molar-refractivity contribution in [3.05, 3.63) is 30.1 Å². The highest BCUT2D eigenvalue weighted by Crippen LogP contribution is 2.23. The van der Waals surface area contributed by atoms with Gasteiger partial charge in [-0.05, 0) is 120 Å². The average Bonchev–Trinajstić information content (AvgIpc) is 3.83. The summed E-state index contributed by atoms with van der Waals surface area (Å²) in [5.41, 5.74) is 1.26. The Bertz CT molecular complexity index is 976. The van der Waals surface area contributed by atoms with Crippen LogP contribution in [0, 0.1) is 30.6 Å². The van der Waals surface area contributed by atoms with E-state index in [9.17, 15) is 0 Å². The number of unbranched alkanes of at least 4 members (excludes halogenated alkanes) is 1. The zero-order chi connectivity index (χ0) is 45.9. The van der Waals surface area contributed by atoms with Crippen LogP contribution in [-0.2, 0) is 28.4 Å². The minimum absolute atomic E-state index is 0.911. The van der Waals surface area contributed by atoms with Crippen molar-refractivity contribution in [2.75, 3.05) is 139 Å². The monoisotopic (exact) mass is 893 g/mol. The van der Waals surface area contributed by atoms with E-state index in [-0.39, 0.29) is 0 Å². The third-order valence-corrected chi connectivity index (χ3v) is 12.8. The Morgan fingerprint density at radius 2 is 0.905 bits per heavy atom. The van der Waals surface area contributed by atoms with Crippen LogP contribution in [0.25, 0.3) is 0 Å². The molecule has 1 aliphatic carbocycles. The number of morpholine rings is 3. The fourth-order valence-electron chi connectivity index (χ4n) is 7.97. The van der Waals surface area contributed by atoms with E-state index < -0.39 is 0 Å². The van der Waals surface area contributed by atoms with E-state index in [1.54, 1.807) is 12.4 Å². The molecular formula is C53H104N4O6. The first kappa shape index (κ1) is 59.8. The number of hydrogen-bond donors (Lipinski definition) is 0. The van der Waals surface area contributed by atoms with Gasteiger partial charge < -0.3 is 33.3 Å². The zero-order valence-corrected chi connectivity index (χ0v) is 42.8. The lowest BCUT2D eigenvalue weighted by Gasteiger charge is -2.26. The zero-order valence-electron chi connectivity index (χ0n) is 42.8. The first-order chi connectivity index (χ1) is 30.8. The summed E-state index contributed by atoms with van der Waals surface area (Å²) in [7, 11) is 2.11. The minimum Gasteiger partial charge on any atom is -0.381 e. The third-order valence-electron chi connectivity index (χ3n) is 12.8.